The standard InChI is InChI=1S/C13H12N4O3/c1-8-2-4-10(6-9(8)3-5-12(18)19)15-13(20)11-7-14-17-16-11/h2-7H,1H3,(H,15,20)(H,18,19)(H,14,16,17)/b5-3+. The summed E-state index contributed by atoms with van der Waals surface area (Å²) in [7, 11) is 0. The number of anilines is 1. The van der Waals surface area contributed by atoms with Crippen molar-refractivity contribution in [3.63, 3.8) is 0 Å². The largest absolute Gasteiger partial charge is 0.478 e. The lowest BCUT2D eigenvalue weighted by molar-refractivity contribution is -0.131. The minimum atomic E-state index is -1.03. The van der Waals surface area contributed by atoms with Gasteiger partial charge in [-0.05, 0) is 36.3 Å². The molecule has 0 saturated heterocycles. The van der Waals surface area contributed by atoms with Crippen LogP contribution >= 0.6 is 0 Å². The third-order valence-corrected chi connectivity index (χ3v) is 2.59. The molecule has 1 heterocycles. The summed E-state index contributed by atoms with van der Waals surface area (Å²) in [6, 6.07) is 5.21. The van der Waals surface area contributed by atoms with E-state index in [0.717, 1.165) is 11.6 Å². The highest BCUT2D eigenvalue weighted by molar-refractivity contribution is 6.02. The number of carbonyl (C=O) groups is 2. The van der Waals surface area contributed by atoms with E-state index in [1.807, 2.05) is 6.92 Å². The maximum atomic E-state index is 11.8. The quantitative estimate of drug-likeness (QED) is 0.730. The molecule has 2 rings (SSSR count). The lowest BCUT2D eigenvalue weighted by Crippen LogP contribution is -2.12. The fraction of sp³-hybridized carbons (Fsp3) is 0.0769. The molecule has 0 aliphatic carbocycles. The Labute approximate surface area is 114 Å². The van der Waals surface area contributed by atoms with Crippen LogP contribution in [0.1, 0.15) is 21.6 Å². The van der Waals surface area contributed by atoms with Gasteiger partial charge in [0, 0.05) is 11.8 Å². The van der Waals surface area contributed by atoms with E-state index in [1.165, 1.54) is 12.3 Å². The predicted octanol–water partition coefficient (Wildman–Crippen LogP) is 1.46. The summed E-state index contributed by atoms with van der Waals surface area (Å²) in [5, 5.41) is 20.9. The van der Waals surface area contributed by atoms with Gasteiger partial charge in [-0.3, -0.25) is 4.79 Å². The average molecular weight is 272 g/mol. The molecule has 0 fully saturated rings. The second-order valence-corrected chi connectivity index (χ2v) is 4.05. The Bertz CT molecular complexity index is 662. The number of benzene rings is 1. The normalized spacial score (nSPS) is 10.7. The van der Waals surface area contributed by atoms with E-state index < -0.39 is 11.9 Å². The molecule has 0 aliphatic heterocycles. The summed E-state index contributed by atoms with van der Waals surface area (Å²) in [5.41, 5.74) is 2.34. The van der Waals surface area contributed by atoms with Crippen molar-refractivity contribution in [1.29, 1.82) is 0 Å². The van der Waals surface area contributed by atoms with E-state index in [-0.39, 0.29) is 5.69 Å². The topological polar surface area (TPSA) is 108 Å². The number of carboxylic acids is 1. The molecule has 0 bridgehead atoms. The Balaban J connectivity index is 2.19. The Morgan fingerprint density at radius 1 is 1.40 bits per heavy atom. The van der Waals surface area contributed by atoms with Crippen molar-refractivity contribution in [2.24, 2.45) is 0 Å². The highest BCUT2D eigenvalue weighted by Crippen LogP contribution is 2.17. The van der Waals surface area contributed by atoms with E-state index in [2.05, 4.69) is 20.7 Å². The minimum absolute atomic E-state index is 0.174. The fourth-order valence-electron chi connectivity index (χ4n) is 1.57. The number of nitrogens with zero attached hydrogens (tertiary/aromatic N) is 2. The zero-order valence-corrected chi connectivity index (χ0v) is 10.6. The summed E-state index contributed by atoms with van der Waals surface area (Å²) >= 11 is 0. The van der Waals surface area contributed by atoms with Gasteiger partial charge in [-0.25, -0.2) is 4.79 Å². The smallest absolute Gasteiger partial charge is 0.328 e. The Hall–Kier alpha value is -2.96. The van der Waals surface area contributed by atoms with Crippen molar-refractivity contribution in [1.82, 2.24) is 15.4 Å². The zero-order valence-electron chi connectivity index (χ0n) is 10.6. The molecule has 0 unspecified atom stereocenters. The van der Waals surface area contributed by atoms with Crippen LogP contribution in [0.25, 0.3) is 6.08 Å². The van der Waals surface area contributed by atoms with Crippen molar-refractivity contribution < 1.29 is 14.7 Å². The average Bonchev–Trinajstić information content (AvgIpc) is 2.93. The van der Waals surface area contributed by atoms with E-state index in [1.54, 1.807) is 18.2 Å². The molecule has 0 spiro atoms. The number of carboxylic acid groups (broad SMARTS) is 1. The highest BCUT2D eigenvalue weighted by atomic mass is 16.4. The van der Waals surface area contributed by atoms with E-state index >= 15 is 0 Å². The maximum Gasteiger partial charge on any atom is 0.328 e. The number of hydrogen-bond acceptors (Lipinski definition) is 4. The summed E-state index contributed by atoms with van der Waals surface area (Å²) < 4.78 is 0. The molecule has 7 heteroatoms. The fourth-order valence-corrected chi connectivity index (χ4v) is 1.57. The van der Waals surface area contributed by atoms with Gasteiger partial charge in [0.1, 0.15) is 0 Å². The molecule has 1 aromatic carbocycles. The second-order valence-electron chi connectivity index (χ2n) is 4.05. The second kappa shape index (κ2) is 5.79. The molecule has 1 aromatic heterocycles. The van der Waals surface area contributed by atoms with Crippen molar-refractivity contribution >= 4 is 23.6 Å². The lowest BCUT2D eigenvalue weighted by Gasteiger charge is -2.06. The number of amides is 1. The third-order valence-electron chi connectivity index (χ3n) is 2.59. The van der Waals surface area contributed by atoms with Crippen LogP contribution in [-0.4, -0.2) is 32.4 Å². The first-order valence-electron chi connectivity index (χ1n) is 5.75. The van der Waals surface area contributed by atoms with Gasteiger partial charge >= 0.3 is 5.97 Å². The first kappa shape index (κ1) is 13.5. The van der Waals surface area contributed by atoms with Crippen LogP contribution in [0.2, 0.25) is 0 Å². The van der Waals surface area contributed by atoms with E-state index in [0.29, 0.717) is 11.3 Å². The van der Waals surface area contributed by atoms with Gasteiger partial charge in [-0.15, -0.1) is 0 Å². The molecule has 20 heavy (non-hydrogen) atoms. The van der Waals surface area contributed by atoms with E-state index in [9.17, 15) is 9.59 Å². The van der Waals surface area contributed by atoms with Gasteiger partial charge in [0.25, 0.3) is 5.91 Å². The molecule has 3 N–H and O–H groups in total. The van der Waals surface area contributed by atoms with E-state index in [4.69, 9.17) is 5.11 Å². The molecule has 0 radical (unpaired) electrons. The molecular formula is C13H12N4O3. The van der Waals surface area contributed by atoms with Crippen LogP contribution in [0, 0.1) is 6.92 Å². The number of aromatic nitrogens is 3. The number of carbonyl (C=O) groups excluding carboxylic acids is 1. The van der Waals surface area contributed by atoms with Gasteiger partial charge in [0.2, 0.25) is 0 Å². The Morgan fingerprint density at radius 3 is 2.85 bits per heavy atom. The van der Waals surface area contributed by atoms with Gasteiger partial charge < -0.3 is 10.4 Å². The molecule has 0 atom stereocenters. The molecule has 2 aromatic rings. The minimum Gasteiger partial charge on any atom is -0.478 e. The van der Waals surface area contributed by atoms with Crippen LogP contribution in [-0.2, 0) is 4.79 Å². The first-order chi connectivity index (χ1) is 9.56. The third kappa shape index (κ3) is 3.29. The molecule has 102 valence electrons. The number of H-pyrrole nitrogens is 1. The van der Waals surface area contributed by atoms with Crippen LogP contribution < -0.4 is 5.32 Å². The van der Waals surface area contributed by atoms with Crippen molar-refractivity contribution in [3.8, 4) is 0 Å². The SMILES string of the molecule is Cc1ccc(NC(=O)c2cn[nH]n2)cc1/C=C/C(=O)O. The van der Waals surface area contributed by atoms with Gasteiger partial charge in [0.15, 0.2) is 5.69 Å². The Morgan fingerprint density at radius 2 is 2.20 bits per heavy atom. The van der Waals surface area contributed by atoms with Crippen LogP contribution in [0.5, 0.6) is 0 Å². The number of aryl methyl sites for hydroxylation is 1. The highest BCUT2D eigenvalue weighted by Gasteiger charge is 2.09. The van der Waals surface area contributed by atoms with Crippen LogP contribution in [0.15, 0.2) is 30.5 Å². The van der Waals surface area contributed by atoms with Crippen molar-refractivity contribution in [3.05, 3.63) is 47.3 Å². The van der Waals surface area contributed by atoms with Gasteiger partial charge in [0.05, 0.1) is 6.20 Å². The van der Waals surface area contributed by atoms with Crippen LogP contribution in [0.4, 0.5) is 5.69 Å². The van der Waals surface area contributed by atoms with Gasteiger partial charge in [-0.1, -0.05) is 6.07 Å². The number of rotatable bonds is 4. The molecule has 1 amide bonds. The molecular weight excluding hydrogens is 260 g/mol. The summed E-state index contributed by atoms with van der Waals surface area (Å²) in [4.78, 5) is 22.3. The van der Waals surface area contributed by atoms with Crippen LogP contribution in [0.3, 0.4) is 0 Å². The number of hydrogen-bond donors (Lipinski definition) is 3. The zero-order chi connectivity index (χ0) is 14.5. The Kier molecular flexibility index (Phi) is 3.90. The summed E-state index contributed by atoms with van der Waals surface area (Å²) in [6.45, 7) is 1.85. The number of aliphatic carboxylic acids is 1. The van der Waals surface area contributed by atoms with Crippen molar-refractivity contribution in [2.45, 2.75) is 6.92 Å². The lowest BCUT2D eigenvalue weighted by atomic mass is 10.1. The van der Waals surface area contributed by atoms with Gasteiger partial charge in [-0.2, -0.15) is 15.4 Å². The summed E-state index contributed by atoms with van der Waals surface area (Å²) in [6.07, 6.45) is 3.84. The molecule has 0 aliphatic rings. The first-order valence-corrected chi connectivity index (χ1v) is 5.75. The van der Waals surface area contributed by atoms with Crippen molar-refractivity contribution in [2.75, 3.05) is 5.32 Å². The monoisotopic (exact) mass is 272 g/mol. The maximum absolute atomic E-state index is 11.8. The summed E-state index contributed by atoms with van der Waals surface area (Å²) in [5.74, 6) is -1.42. The predicted molar refractivity (Wildman–Crippen MR) is 72.2 cm³/mol. The number of nitrogens with one attached hydrogen (secondary N) is 2. The number of aromatic amines is 1. The molecule has 0 saturated carbocycles. The molecule has 7 nitrogen and oxygen atoms in total.